The van der Waals surface area contributed by atoms with Gasteiger partial charge in [-0.3, -0.25) is 14.9 Å². The van der Waals surface area contributed by atoms with Crippen molar-refractivity contribution in [2.75, 3.05) is 11.9 Å². The molecule has 0 aliphatic carbocycles. The summed E-state index contributed by atoms with van der Waals surface area (Å²) in [5.41, 5.74) is 0.314. The Morgan fingerprint density at radius 1 is 1.48 bits per heavy atom. The van der Waals surface area contributed by atoms with Gasteiger partial charge < -0.3 is 14.6 Å². The number of aryl methyl sites for hydroxylation is 1. The predicted octanol–water partition coefficient (Wildman–Crippen LogP) is 2.92. The number of ketones is 1. The Hall–Kier alpha value is -2.61. The highest BCUT2D eigenvalue weighted by Gasteiger charge is 2.35. The molecule has 0 saturated carbocycles. The van der Waals surface area contributed by atoms with E-state index in [1.54, 1.807) is 13.8 Å². The summed E-state index contributed by atoms with van der Waals surface area (Å²) in [7, 11) is 0. The number of phenolic OH excluding ortho intramolecular Hbond substituents is 1. The fourth-order valence-corrected chi connectivity index (χ4v) is 3.25. The molecule has 1 aliphatic heterocycles. The number of ether oxygens (including phenoxy) is 2. The third-order valence-corrected chi connectivity index (χ3v) is 4.42. The van der Waals surface area contributed by atoms with Gasteiger partial charge in [-0.1, -0.05) is 0 Å². The topological polar surface area (TPSA) is 97.8 Å². The van der Waals surface area contributed by atoms with Gasteiger partial charge in [0.2, 0.25) is 0 Å². The van der Waals surface area contributed by atoms with Crippen molar-refractivity contribution in [1.29, 1.82) is 0 Å². The molecule has 2 aromatic rings. The van der Waals surface area contributed by atoms with Crippen LogP contribution in [0.15, 0.2) is 17.5 Å². The number of benzene rings is 1. The number of hydrogen-bond acceptors (Lipinski definition) is 7. The highest BCUT2D eigenvalue weighted by molar-refractivity contribution is 7.13. The van der Waals surface area contributed by atoms with Crippen LogP contribution in [0.2, 0.25) is 0 Å². The molecule has 0 radical (unpaired) electrons. The average molecular weight is 362 g/mol. The number of aromatic nitrogens is 1. The predicted molar refractivity (Wildman–Crippen MR) is 92.7 cm³/mol. The van der Waals surface area contributed by atoms with Crippen molar-refractivity contribution >= 4 is 28.2 Å². The second kappa shape index (κ2) is 6.36. The molecule has 25 heavy (non-hydrogen) atoms. The number of nitrogens with one attached hydrogen (secondary N) is 1. The first-order chi connectivity index (χ1) is 11.7. The van der Waals surface area contributed by atoms with E-state index in [-0.39, 0.29) is 47.5 Å². The van der Waals surface area contributed by atoms with Gasteiger partial charge >= 0.3 is 0 Å². The summed E-state index contributed by atoms with van der Waals surface area (Å²) in [5, 5.41) is 15.0. The summed E-state index contributed by atoms with van der Waals surface area (Å²) in [6.07, 6.45) is 0.184. The summed E-state index contributed by atoms with van der Waals surface area (Å²) < 4.78 is 11.2. The van der Waals surface area contributed by atoms with E-state index < -0.39 is 5.60 Å². The minimum absolute atomic E-state index is 0.148. The third-order valence-electron chi connectivity index (χ3n) is 3.54. The molecule has 3 rings (SSSR count). The fourth-order valence-electron chi connectivity index (χ4n) is 2.54. The van der Waals surface area contributed by atoms with E-state index in [2.05, 4.69) is 10.3 Å². The monoisotopic (exact) mass is 362 g/mol. The van der Waals surface area contributed by atoms with Gasteiger partial charge in [-0.25, -0.2) is 4.98 Å². The molecule has 1 aromatic heterocycles. The van der Waals surface area contributed by atoms with Crippen LogP contribution in [0.5, 0.6) is 17.2 Å². The highest BCUT2D eigenvalue weighted by Crippen LogP contribution is 2.40. The Bertz CT molecular complexity index is 844. The van der Waals surface area contributed by atoms with Crippen molar-refractivity contribution in [3.63, 3.8) is 0 Å². The van der Waals surface area contributed by atoms with Crippen molar-refractivity contribution in [2.24, 2.45) is 0 Å². The number of hydrogen-bond donors (Lipinski definition) is 2. The molecule has 2 heterocycles. The molecule has 2 N–H and O–H groups in total. The van der Waals surface area contributed by atoms with Crippen LogP contribution in [-0.2, 0) is 4.79 Å². The molecule has 8 heteroatoms. The van der Waals surface area contributed by atoms with Gasteiger partial charge in [0.15, 0.2) is 17.5 Å². The molecule has 0 spiro atoms. The van der Waals surface area contributed by atoms with Crippen LogP contribution in [-0.4, -0.2) is 34.0 Å². The average Bonchev–Trinajstić information content (AvgIpc) is 2.88. The molecule has 0 atom stereocenters. The number of anilines is 1. The first kappa shape index (κ1) is 17.2. The first-order valence-electron chi connectivity index (χ1n) is 7.67. The minimum Gasteiger partial charge on any atom is -0.507 e. The quantitative estimate of drug-likeness (QED) is 0.868. The van der Waals surface area contributed by atoms with E-state index in [1.165, 1.54) is 23.5 Å². The maximum Gasteiger partial charge on any atom is 0.264 e. The molecule has 7 nitrogen and oxygen atoms in total. The van der Waals surface area contributed by atoms with Gasteiger partial charge in [0, 0.05) is 17.5 Å². The minimum atomic E-state index is -0.658. The summed E-state index contributed by atoms with van der Waals surface area (Å²) in [6, 6.07) is 2.81. The lowest BCUT2D eigenvalue weighted by molar-refractivity contribution is -0.118. The van der Waals surface area contributed by atoms with Crippen LogP contribution in [0, 0.1) is 6.92 Å². The first-order valence-corrected chi connectivity index (χ1v) is 8.55. The normalized spacial score (nSPS) is 15.2. The van der Waals surface area contributed by atoms with Crippen LogP contribution in [0.4, 0.5) is 5.13 Å². The molecule has 1 amide bonds. The molecular formula is C17H18N2O5S. The van der Waals surface area contributed by atoms with Gasteiger partial charge in [0.05, 0.1) is 12.1 Å². The Kier molecular flexibility index (Phi) is 4.38. The molecule has 132 valence electrons. The van der Waals surface area contributed by atoms with Crippen LogP contribution in [0.1, 0.15) is 36.3 Å². The number of Topliss-reactive ketones (excluding diaryl/α,β-unsaturated/α-hetero) is 1. The lowest BCUT2D eigenvalue weighted by Gasteiger charge is -2.32. The maximum atomic E-state index is 12.2. The van der Waals surface area contributed by atoms with Crippen LogP contribution in [0.3, 0.4) is 0 Å². The molecule has 1 aliphatic rings. The zero-order valence-electron chi connectivity index (χ0n) is 14.1. The Morgan fingerprint density at radius 3 is 2.92 bits per heavy atom. The zero-order chi connectivity index (χ0) is 18.2. The van der Waals surface area contributed by atoms with Crippen molar-refractivity contribution < 1.29 is 24.2 Å². The maximum absolute atomic E-state index is 12.2. The lowest BCUT2D eigenvalue weighted by Crippen LogP contribution is -2.35. The summed E-state index contributed by atoms with van der Waals surface area (Å²) in [5.74, 6) is -0.278. The van der Waals surface area contributed by atoms with Gasteiger partial charge in [-0.2, -0.15) is 0 Å². The second-order valence-corrected chi connectivity index (χ2v) is 7.27. The van der Waals surface area contributed by atoms with Crippen LogP contribution >= 0.6 is 11.3 Å². The summed E-state index contributed by atoms with van der Waals surface area (Å²) in [6.45, 7) is 5.17. The van der Waals surface area contributed by atoms with Gasteiger partial charge in [-0.05, 0) is 20.8 Å². The molecule has 0 unspecified atom stereocenters. The molecule has 1 aromatic carbocycles. The van der Waals surface area contributed by atoms with E-state index >= 15 is 0 Å². The van der Waals surface area contributed by atoms with E-state index in [0.29, 0.717) is 5.13 Å². The van der Waals surface area contributed by atoms with Gasteiger partial charge in [0.1, 0.15) is 28.4 Å². The highest BCUT2D eigenvalue weighted by atomic mass is 32.1. The lowest BCUT2D eigenvalue weighted by atomic mass is 9.92. The van der Waals surface area contributed by atoms with E-state index in [0.717, 1.165) is 5.69 Å². The van der Waals surface area contributed by atoms with Crippen LogP contribution in [0.25, 0.3) is 0 Å². The molecule has 0 saturated heterocycles. The smallest absolute Gasteiger partial charge is 0.264 e. The van der Waals surface area contributed by atoms with Crippen molar-refractivity contribution in [1.82, 2.24) is 4.98 Å². The van der Waals surface area contributed by atoms with E-state index in [1.807, 2.05) is 12.3 Å². The SMILES string of the molecule is Cc1csc(NC(=O)COc2cc(O)c3c(c2)OC(C)(C)CC3=O)n1. The molecule has 0 bridgehead atoms. The van der Waals surface area contributed by atoms with Crippen molar-refractivity contribution in [3.05, 3.63) is 28.8 Å². The summed E-state index contributed by atoms with van der Waals surface area (Å²) in [4.78, 5) is 28.2. The number of fused-ring (bicyclic) bond motifs is 1. The zero-order valence-corrected chi connectivity index (χ0v) is 14.9. The van der Waals surface area contributed by atoms with Crippen molar-refractivity contribution in [3.8, 4) is 17.2 Å². The van der Waals surface area contributed by atoms with Crippen molar-refractivity contribution in [2.45, 2.75) is 32.8 Å². The summed E-state index contributed by atoms with van der Waals surface area (Å²) >= 11 is 1.32. The third kappa shape index (κ3) is 3.90. The number of amides is 1. The van der Waals surface area contributed by atoms with Gasteiger partial charge in [-0.15, -0.1) is 11.3 Å². The largest absolute Gasteiger partial charge is 0.507 e. The standard InChI is InChI=1S/C17H18N2O5S/c1-9-8-25-16(18-9)19-14(22)7-23-10-4-11(20)15-12(21)6-17(2,3)24-13(15)5-10/h4-5,8,20H,6-7H2,1-3H3,(H,18,19,22). The number of phenols is 1. The Labute approximate surface area is 148 Å². The second-order valence-electron chi connectivity index (χ2n) is 6.41. The number of nitrogens with zero attached hydrogens (tertiary/aromatic N) is 1. The van der Waals surface area contributed by atoms with Crippen LogP contribution < -0.4 is 14.8 Å². The Morgan fingerprint density at radius 2 is 2.24 bits per heavy atom. The van der Waals surface area contributed by atoms with E-state index in [9.17, 15) is 14.7 Å². The Balaban J connectivity index is 1.70. The number of aromatic hydroxyl groups is 1. The molecule has 0 fully saturated rings. The number of carbonyl (C=O) groups is 2. The van der Waals surface area contributed by atoms with Gasteiger partial charge in [0.25, 0.3) is 5.91 Å². The number of rotatable bonds is 4. The van der Waals surface area contributed by atoms with E-state index in [4.69, 9.17) is 9.47 Å². The fraction of sp³-hybridized carbons (Fsp3) is 0.353. The number of thiazole rings is 1. The molecular weight excluding hydrogens is 344 g/mol. The number of carbonyl (C=O) groups excluding carboxylic acids is 2.